The molecule has 19 heavy (non-hydrogen) atoms. The quantitative estimate of drug-likeness (QED) is 0.888. The number of aliphatic hydroxyl groups is 1. The van der Waals surface area contributed by atoms with E-state index in [1.54, 1.807) is 4.90 Å². The van der Waals surface area contributed by atoms with Crippen molar-refractivity contribution in [3.63, 3.8) is 0 Å². The summed E-state index contributed by atoms with van der Waals surface area (Å²) in [7, 11) is 1.83. The van der Waals surface area contributed by atoms with Crippen molar-refractivity contribution in [1.29, 1.82) is 0 Å². The lowest BCUT2D eigenvalue weighted by Gasteiger charge is -2.28. The van der Waals surface area contributed by atoms with Crippen LogP contribution in [0.5, 0.6) is 6.01 Å². The molecule has 6 nitrogen and oxygen atoms in total. The van der Waals surface area contributed by atoms with Gasteiger partial charge in [0.15, 0.2) is 0 Å². The summed E-state index contributed by atoms with van der Waals surface area (Å²) in [6.45, 7) is 2.80. The Morgan fingerprint density at radius 1 is 1.32 bits per heavy atom. The predicted octanol–water partition coefficient (Wildman–Crippen LogP) is 1.66. The van der Waals surface area contributed by atoms with Crippen LogP contribution in [0, 0.1) is 0 Å². The third-order valence-corrected chi connectivity index (χ3v) is 3.43. The molecule has 1 saturated carbocycles. The maximum absolute atomic E-state index is 10.4. The van der Waals surface area contributed by atoms with E-state index < -0.39 is 5.60 Å². The van der Waals surface area contributed by atoms with Crippen LogP contribution in [0.15, 0.2) is 0 Å². The van der Waals surface area contributed by atoms with Crippen molar-refractivity contribution in [3.8, 4) is 6.01 Å². The topological polar surface area (TPSA) is 71.4 Å². The number of nitrogens with zero attached hydrogens (tertiary/aromatic N) is 4. The molecule has 0 unspecified atom stereocenters. The van der Waals surface area contributed by atoms with E-state index in [2.05, 4.69) is 15.0 Å². The molecule has 2 rings (SSSR count). The molecule has 1 fully saturated rings. The number of ether oxygens (including phenoxy) is 1. The highest BCUT2D eigenvalue weighted by molar-refractivity contribution is 6.28. The smallest absolute Gasteiger partial charge is 0.322 e. The molecule has 1 N–H and O–H groups in total. The van der Waals surface area contributed by atoms with Crippen molar-refractivity contribution in [2.45, 2.75) is 38.2 Å². The zero-order chi connectivity index (χ0) is 13.9. The number of anilines is 1. The van der Waals surface area contributed by atoms with Gasteiger partial charge in [0.05, 0.1) is 12.2 Å². The first-order valence-corrected chi connectivity index (χ1v) is 6.88. The molecule has 1 aromatic heterocycles. The molecule has 0 aliphatic heterocycles. The Hall–Kier alpha value is -1.14. The third kappa shape index (κ3) is 3.67. The zero-order valence-corrected chi connectivity index (χ0v) is 12.0. The maximum atomic E-state index is 10.4. The number of aromatic nitrogens is 3. The summed E-state index contributed by atoms with van der Waals surface area (Å²) >= 11 is 5.85. The molecule has 0 radical (unpaired) electrons. The number of likely N-dealkylation sites (N-methyl/N-ethyl adjacent to an activating group) is 1. The van der Waals surface area contributed by atoms with Gasteiger partial charge < -0.3 is 14.7 Å². The van der Waals surface area contributed by atoms with Gasteiger partial charge in [0.2, 0.25) is 11.2 Å². The molecule has 7 heteroatoms. The fourth-order valence-corrected chi connectivity index (χ4v) is 2.54. The number of hydrogen-bond donors (Lipinski definition) is 1. The Morgan fingerprint density at radius 3 is 2.63 bits per heavy atom. The van der Waals surface area contributed by atoms with Crippen LogP contribution in [0.25, 0.3) is 0 Å². The molecule has 0 atom stereocenters. The van der Waals surface area contributed by atoms with Gasteiger partial charge in [-0.15, -0.1) is 0 Å². The number of hydrogen-bond acceptors (Lipinski definition) is 6. The predicted molar refractivity (Wildman–Crippen MR) is 72.7 cm³/mol. The Labute approximate surface area is 117 Å². The molecule has 0 bridgehead atoms. The van der Waals surface area contributed by atoms with E-state index in [-0.39, 0.29) is 11.3 Å². The van der Waals surface area contributed by atoms with E-state index in [4.69, 9.17) is 16.3 Å². The van der Waals surface area contributed by atoms with E-state index >= 15 is 0 Å². The van der Waals surface area contributed by atoms with Gasteiger partial charge in [-0.2, -0.15) is 15.0 Å². The lowest BCUT2D eigenvalue weighted by molar-refractivity contribution is 0.0556. The van der Waals surface area contributed by atoms with Gasteiger partial charge in [-0.1, -0.05) is 12.8 Å². The summed E-state index contributed by atoms with van der Waals surface area (Å²) in [6.07, 6.45) is 3.75. The van der Waals surface area contributed by atoms with Crippen LogP contribution in [0.1, 0.15) is 32.6 Å². The summed E-state index contributed by atoms with van der Waals surface area (Å²) in [5.74, 6) is 0.420. The largest absolute Gasteiger partial charge is 0.464 e. The molecule has 1 aromatic rings. The molecule has 106 valence electrons. The van der Waals surface area contributed by atoms with Crippen molar-refractivity contribution < 1.29 is 9.84 Å². The summed E-state index contributed by atoms with van der Waals surface area (Å²) in [5.41, 5.74) is -0.653. The monoisotopic (exact) mass is 286 g/mol. The van der Waals surface area contributed by atoms with Crippen LogP contribution in [0.4, 0.5) is 5.95 Å². The SMILES string of the molecule is CCOc1nc(Cl)nc(N(C)CC2(O)CCCC2)n1. The average Bonchev–Trinajstić information content (AvgIpc) is 2.75. The molecule has 1 aliphatic rings. The van der Waals surface area contributed by atoms with E-state index in [0.717, 1.165) is 25.7 Å². The highest BCUT2D eigenvalue weighted by Crippen LogP contribution is 2.30. The lowest BCUT2D eigenvalue weighted by atomic mass is 10.0. The molecule has 0 aromatic carbocycles. The van der Waals surface area contributed by atoms with Gasteiger partial charge in [0.1, 0.15) is 0 Å². The van der Waals surface area contributed by atoms with Crippen LogP contribution in [-0.4, -0.2) is 45.9 Å². The van der Waals surface area contributed by atoms with Crippen LogP contribution >= 0.6 is 11.6 Å². The fourth-order valence-electron chi connectivity index (χ4n) is 2.39. The van der Waals surface area contributed by atoms with Crippen LogP contribution in [-0.2, 0) is 0 Å². The van der Waals surface area contributed by atoms with Gasteiger partial charge in [-0.25, -0.2) is 0 Å². The summed E-state index contributed by atoms with van der Waals surface area (Å²) in [5, 5.41) is 10.5. The minimum absolute atomic E-state index is 0.0960. The normalized spacial score (nSPS) is 17.5. The summed E-state index contributed by atoms with van der Waals surface area (Å²) in [4.78, 5) is 13.9. The highest BCUT2D eigenvalue weighted by atomic mass is 35.5. The Balaban J connectivity index is 2.11. The minimum Gasteiger partial charge on any atom is -0.464 e. The van der Waals surface area contributed by atoms with E-state index in [9.17, 15) is 5.11 Å². The lowest BCUT2D eigenvalue weighted by Crippen LogP contribution is -2.40. The van der Waals surface area contributed by atoms with Gasteiger partial charge in [-0.3, -0.25) is 0 Å². The second-order valence-corrected chi connectivity index (χ2v) is 5.25. The van der Waals surface area contributed by atoms with Crippen LogP contribution < -0.4 is 9.64 Å². The maximum Gasteiger partial charge on any atom is 0.322 e. The standard InChI is InChI=1S/C12H19ClN4O2/c1-3-19-11-15-9(13)14-10(16-11)17(2)8-12(18)6-4-5-7-12/h18H,3-8H2,1-2H3. The summed E-state index contributed by atoms with van der Waals surface area (Å²) < 4.78 is 5.24. The number of halogens is 1. The second kappa shape index (κ2) is 5.88. The van der Waals surface area contributed by atoms with Crippen LogP contribution in [0.2, 0.25) is 5.28 Å². The minimum atomic E-state index is -0.653. The Morgan fingerprint density at radius 2 is 2.00 bits per heavy atom. The summed E-state index contributed by atoms with van der Waals surface area (Å²) in [6, 6.07) is 0.211. The van der Waals surface area contributed by atoms with Crippen molar-refractivity contribution >= 4 is 17.5 Å². The van der Waals surface area contributed by atoms with E-state index in [1.165, 1.54) is 0 Å². The van der Waals surface area contributed by atoms with Crippen LogP contribution in [0.3, 0.4) is 0 Å². The Bertz CT molecular complexity index is 438. The first-order chi connectivity index (χ1) is 9.02. The van der Waals surface area contributed by atoms with Crippen molar-refractivity contribution in [3.05, 3.63) is 5.28 Å². The van der Waals surface area contributed by atoms with Gasteiger partial charge in [-0.05, 0) is 31.4 Å². The molecular formula is C12H19ClN4O2. The number of rotatable bonds is 5. The van der Waals surface area contributed by atoms with Gasteiger partial charge in [0, 0.05) is 13.6 Å². The fraction of sp³-hybridized carbons (Fsp3) is 0.750. The first-order valence-electron chi connectivity index (χ1n) is 6.50. The molecular weight excluding hydrogens is 268 g/mol. The average molecular weight is 287 g/mol. The highest BCUT2D eigenvalue weighted by Gasteiger charge is 2.33. The van der Waals surface area contributed by atoms with E-state index in [0.29, 0.717) is 19.1 Å². The molecule has 1 aliphatic carbocycles. The van der Waals surface area contributed by atoms with Crippen molar-refractivity contribution in [1.82, 2.24) is 15.0 Å². The molecule has 1 heterocycles. The first kappa shape index (κ1) is 14.3. The van der Waals surface area contributed by atoms with Crippen molar-refractivity contribution in [2.24, 2.45) is 0 Å². The molecule has 0 spiro atoms. The van der Waals surface area contributed by atoms with E-state index in [1.807, 2.05) is 14.0 Å². The third-order valence-electron chi connectivity index (χ3n) is 3.26. The zero-order valence-electron chi connectivity index (χ0n) is 11.3. The second-order valence-electron chi connectivity index (χ2n) is 4.91. The van der Waals surface area contributed by atoms with Crippen molar-refractivity contribution in [2.75, 3.05) is 25.1 Å². The van der Waals surface area contributed by atoms with Gasteiger partial charge in [0.25, 0.3) is 0 Å². The molecule has 0 saturated heterocycles. The Kier molecular flexibility index (Phi) is 4.42. The van der Waals surface area contributed by atoms with Gasteiger partial charge >= 0.3 is 6.01 Å². The molecule has 0 amide bonds.